The molecule has 0 bridgehead atoms. The molecule has 3 nitrogen and oxygen atoms in total. The molecule has 148 valence electrons. The molecule has 1 fully saturated rings. The summed E-state index contributed by atoms with van der Waals surface area (Å²) in [5, 5.41) is 0. The fourth-order valence-corrected chi connectivity index (χ4v) is 4.07. The van der Waals surface area contributed by atoms with Gasteiger partial charge in [0.05, 0.1) is 19.1 Å². The lowest BCUT2D eigenvalue weighted by atomic mass is 9.78. The number of carbonyl (C=O) groups excluding carboxylic acids is 1. The molecule has 3 aromatic rings. The Morgan fingerprint density at radius 3 is 2.28 bits per heavy atom. The summed E-state index contributed by atoms with van der Waals surface area (Å²) >= 11 is 0. The molecule has 0 radical (unpaired) electrons. The van der Waals surface area contributed by atoms with Crippen molar-refractivity contribution in [2.45, 2.75) is 25.3 Å². The summed E-state index contributed by atoms with van der Waals surface area (Å²) in [7, 11) is 1.64. The van der Waals surface area contributed by atoms with Crippen LogP contribution in [0.3, 0.4) is 0 Å². The van der Waals surface area contributed by atoms with Crippen LogP contribution in [0.2, 0.25) is 0 Å². The summed E-state index contributed by atoms with van der Waals surface area (Å²) in [6.45, 7) is 0. The maximum absolute atomic E-state index is 13.4. The Kier molecular flexibility index (Phi) is 5.61. The molecular weight excluding hydrogens is 365 g/mol. The van der Waals surface area contributed by atoms with Gasteiger partial charge in [0.25, 0.3) is 0 Å². The first-order valence-electron chi connectivity index (χ1n) is 9.94. The van der Waals surface area contributed by atoms with Crippen LogP contribution >= 0.6 is 0 Å². The number of nitrogens with zero attached hydrogens (tertiary/aromatic N) is 1. The van der Waals surface area contributed by atoms with Crippen molar-refractivity contribution < 1.29 is 13.9 Å². The maximum atomic E-state index is 13.4. The summed E-state index contributed by atoms with van der Waals surface area (Å²) in [5.74, 6) is 0.512. The average Bonchev–Trinajstić information content (AvgIpc) is 2.77. The van der Waals surface area contributed by atoms with E-state index in [-0.39, 0.29) is 23.7 Å². The second kappa shape index (κ2) is 8.48. The molecule has 1 saturated heterocycles. The van der Waals surface area contributed by atoms with E-state index in [4.69, 9.17) is 4.74 Å². The number of benzene rings is 3. The van der Waals surface area contributed by atoms with Crippen LogP contribution in [0.25, 0.3) is 0 Å². The van der Waals surface area contributed by atoms with E-state index in [1.54, 1.807) is 24.1 Å². The molecule has 1 aliphatic rings. The number of aryl methyl sites for hydroxylation is 1. The largest absolute Gasteiger partial charge is 0.497 e. The molecule has 0 aromatic heterocycles. The van der Waals surface area contributed by atoms with E-state index in [0.29, 0.717) is 0 Å². The molecule has 0 aliphatic carbocycles. The highest BCUT2D eigenvalue weighted by atomic mass is 19.1. The van der Waals surface area contributed by atoms with Crippen molar-refractivity contribution in [2.75, 3.05) is 12.0 Å². The Morgan fingerprint density at radius 1 is 0.931 bits per heavy atom. The normalized spacial score (nSPS) is 18.4. The van der Waals surface area contributed by atoms with E-state index in [2.05, 4.69) is 12.1 Å². The van der Waals surface area contributed by atoms with Crippen molar-refractivity contribution in [3.8, 4) is 5.75 Å². The standard InChI is InChI=1S/C25H24FNO2/c1-29-22-16-10-19(11-17-22)24-23(9-5-8-18-6-3-2-4-7-18)25(28)27(24)21-14-12-20(26)13-15-21/h2-4,6-7,10-17,23-24H,5,8-9H2,1H3/t23-,24-/m1/s1. The first kappa shape index (κ1) is 19.2. The van der Waals surface area contributed by atoms with Crippen molar-refractivity contribution in [2.24, 2.45) is 5.92 Å². The first-order chi connectivity index (χ1) is 14.2. The van der Waals surface area contributed by atoms with Gasteiger partial charge in [0, 0.05) is 5.69 Å². The van der Waals surface area contributed by atoms with E-state index in [0.717, 1.165) is 36.3 Å². The molecule has 1 amide bonds. The lowest BCUT2D eigenvalue weighted by Crippen LogP contribution is -2.55. The van der Waals surface area contributed by atoms with E-state index < -0.39 is 0 Å². The average molecular weight is 389 g/mol. The Morgan fingerprint density at radius 2 is 1.62 bits per heavy atom. The summed E-state index contributed by atoms with van der Waals surface area (Å²) < 4.78 is 18.6. The second-order valence-electron chi connectivity index (χ2n) is 7.39. The molecule has 4 heteroatoms. The minimum Gasteiger partial charge on any atom is -0.497 e. The van der Waals surface area contributed by atoms with Gasteiger partial charge in [-0.15, -0.1) is 0 Å². The molecule has 0 saturated carbocycles. The van der Waals surface area contributed by atoms with Gasteiger partial charge in [-0.2, -0.15) is 0 Å². The highest BCUT2D eigenvalue weighted by molar-refractivity contribution is 6.03. The number of amides is 1. The Hall–Kier alpha value is -3.14. The number of β-lactam (4-membered cyclic amide) rings is 1. The van der Waals surface area contributed by atoms with Crippen LogP contribution in [-0.4, -0.2) is 13.0 Å². The van der Waals surface area contributed by atoms with E-state index in [1.165, 1.54) is 17.7 Å². The third-order valence-electron chi connectivity index (χ3n) is 5.60. The molecule has 29 heavy (non-hydrogen) atoms. The van der Waals surface area contributed by atoms with Crippen LogP contribution in [0.1, 0.15) is 30.0 Å². The van der Waals surface area contributed by atoms with Crippen molar-refractivity contribution >= 4 is 11.6 Å². The first-order valence-corrected chi connectivity index (χ1v) is 9.94. The lowest BCUT2D eigenvalue weighted by Gasteiger charge is -2.47. The summed E-state index contributed by atoms with van der Waals surface area (Å²) in [6.07, 6.45) is 2.73. The Labute approximate surface area is 170 Å². The molecule has 2 atom stereocenters. The van der Waals surface area contributed by atoms with Crippen molar-refractivity contribution in [1.29, 1.82) is 0 Å². The number of hydrogen-bond acceptors (Lipinski definition) is 2. The Bertz CT molecular complexity index is 954. The van der Waals surface area contributed by atoms with E-state index >= 15 is 0 Å². The summed E-state index contributed by atoms with van der Waals surface area (Å²) in [5.41, 5.74) is 3.09. The van der Waals surface area contributed by atoms with Gasteiger partial charge >= 0.3 is 0 Å². The van der Waals surface area contributed by atoms with Crippen LogP contribution in [-0.2, 0) is 11.2 Å². The molecular formula is C25H24FNO2. The molecule has 0 spiro atoms. The fraction of sp³-hybridized carbons (Fsp3) is 0.240. The predicted molar refractivity (Wildman–Crippen MR) is 112 cm³/mol. The van der Waals surface area contributed by atoms with Gasteiger partial charge < -0.3 is 9.64 Å². The van der Waals surface area contributed by atoms with Crippen LogP contribution in [0, 0.1) is 11.7 Å². The second-order valence-corrected chi connectivity index (χ2v) is 7.39. The molecule has 3 aromatic carbocycles. The minimum atomic E-state index is -0.304. The van der Waals surface area contributed by atoms with E-state index in [9.17, 15) is 9.18 Å². The maximum Gasteiger partial charge on any atom is 0.233 e. The van der Waals surface area contributed by atoms with Crippen LogP contribution in [0.15, 0.2) is 78.9 Å². The van der Waals surface area contributed by atoms with Crippen molar-refractivity contribution in [3.05, 3.63) is 95.8 Å². The van der Waals surface area contributed by atoms with Gasteiger partial charge in [-0.25, -0.2) is 4.39 Å². The number of halogens is 1. The van der Waals surface area contributed by atoms with Gasteiger partial charge in [0.2, 0.25) is 5.91 Å². The van der Waals surface area contributed by atoms with E-state index in [1.807, 2.05) is 42.5 Å². The zero-order valence-electron chi connectivity index (χ0n) is 16.4. The zero-order valence-corrected chi connectivity index (χ0v) is 16.4. The van der Waals surface area contributed by atoms with Crippen molar-refractivity contribution in [1.82, 2.24) is 0 Å². The quantitative estimate of drug-likeness (QED) is 0.495. The zero-order chi connectivity index (χ0) is 20.2. The number of ether oxygens (including phenoxy) is 1. The van der Waals surface area contributed by atoms with Crippen LogP contribution in [0.5, 0.6) is 5.75 Å². The molecule has 1 heterocycles. The molecule has 1 aliphatic heterocycles. The fourth-order valence-electron chi connectivity index (χ4n) is 4.07. The lowest BCUT2D eigenvalue weighted by molar-refractivity contribution is -0.130. The van der Waals surface area contributed by atoms with Gasteiger partial charge in [-0.1, -0.05) is 42.5 Å². The number of carbonyl (C=O) groups is 1. The van der Waals surface area contributed by atoms with Crippen molar-refractivity contribution in [3.63, 3.8) is 0 Å². The molecule has 0 unspecified atom stereocenters. The monoisotopic (exact) mass is 389 g/mol. The van der Waals surface area contributed by atoms with Gasteiger partial charge in [0.1, 0.15) is 11.6 Å². The highest BCUT2D eigenvalue weighted by Gasteiger charge is 2.48. The summed E-state index contributed by atoms with van der Waals surface area (Å²) in [4.78, 5) is 14.8. The predicted octanol–water partition coefficient (Wildman–Crippen LogP) is 5.56. The highest BCUT2D eigenvalue weighted by Crippen LogP contribution is 2.45. The summed E-state index contributed by atoms with van der Waals surface area (Å²) in [6, 6.07) is 24.3. The number of anilines is 1. The van der Waals surface area contributed by atoms with Gasteiger partial charge in [-0.05, 0) is 66.8 Å². The van der Waals surface area contributed by atoms with Crippen LogP contribution < -0.4 is 9.64 Å². The smallest absolute Gasteiger partial charge is 0.233 e. The molecule has 4 rings (SSSR count). The number of hydrogen-bond donors (Lipinski definition) is 0. The number of rotatable bonds is 7. The third-order valence-corrected chi connectivity index (χ3v) is 5.60. The SMILES string of the molecule is COc1ccc([C@@H]2[C@@H](CCCc3ccccc3)C(=O)N2c2ccc(F)cc2)cc1. The third kappa shape index (κ3) is 4.02. The number of methoxy groups -OCH3 is 1. The topological polar surface area (TPSA) is 29.5 Å². The molecule has 0 N–H and O–H groups in total. The Balaban J connectivity index is 1.54. The van der Waals surface area contributed by atoms with Gasteiger partial charge in [0.15, 0.2) is 0 Å². The van der Waals surface area contributed by atoms with Gasteiger partial charge in [-0.3, -0.25) is 4.79 Å². The van der Waals surface area contributed by atoms with Crippen LogP contribution in [0.4, 0.5) is 10.1 Å². The minimum absolute atomic E-state index is 0.0466.